The number of hydrogen-bond donors (Lipinski definition) is 1. The molecule has 1 heterocycles. The zero-order valence-corrected chi connectivity index (χ0v) is 5.72. The van der Waals surface area contributed by atoms with Crippen LogP contribution >= 0.6 is 0 Å². The number of aromatic nitrogens is 1. The summed E-state index contributed by atoms with van der Waals surface area (Å²) < 4.78 is 16.7. The fourth-order valence-corrected chi connectivity index (χ4v) is 0.643. The highest BCUT2D eigenvalue weighted by molar-refractivity contribution is 4.91. The maximum atomic E-state index is 11.8. The van der Waals surface area contributed by atoms with E-state index in [-0.39, 0.29) is 5.76 Å². The van der Waals surface area contributed by atoms with Crippen molar-refractivity contribution in [3.05, 3.63) is 17.8 Å². The van der Waals surface area contributed by atoms with E-state index in [4.69, 9.17) is 4.42 Å². The lowest BCUT2D eigenvalue weighted by molar-refractivity contribution is 0.370. The van der Waals surface area contributed by atoms with Crippen LogP contribution in [0.15, 0.2) is 10.6 Å². The van der Waals surface area contributed by atoms with Gasteiger partial charge in [-0.15, -0.1) is 0 Å². The molecule has 0 spiro atoms. The number of oxazole rings is 1. The minimum Gasteiger partial charge on any atom is -0.442 e. The highest BCUT2D eigenvalue weighted by Gasteiger charge is 2.00. The number of rotatable bonds is 3. The summed E-state index contributed by atoms with van der Waals surface area (Å²) in [7, 11) is 1.78. The van der Waals surface area contributed by atoms with E-state index in [0.29, 0.717) is 12.4 Å². The number of halogens is 1. The van der Waals surface area contributed by atoms with Crippen LogP contribution in [0, 0.1) is 0 Å². The molecule has 1 aromatic heterocycles. The van der Waals surface area contributed by atoms with Gasteiger partial charge in [0.2, 0.25) is 5.89 Å². The zero-order valence-electron chi connectivity index (χ0n) is 5.72. The van der Waals surface area contributed by atoms with Crippen LogP contribution in [0.3, 0.4) is 0 Å². The minimum absolute atomic E-state index is 0.283. The van der Waals surface area contributed by atoms with Gasteiger partial charge in [0.1, 0.15) is 6.67 Å². The quantitative estimate of drug-likeness (QED) is 0.683. The molecule has 56 valence electrons. The Morgan fingerprint density at radius 3 is 3.10 bits per heavy atom. The molecule has 0 unspecified atom stereocenters. The third kappa shape index (κ3) is 1.54. The van der Waals surface area contributed by atoms with Gasteiger partial charge in [-0.1, -0.05) is 0 Å². The smallest absolute Gasteiger partial charge is 0.208 e. The molecular formula is C6H9FN2O. The first-order chi connectivity index (χ1) is 4.86. The lowest BCUT2D eigenvalue weighted by Gasteiger charge is -1.89. The van der Waals surface area contributed by atoms with Gasteiger partial charge < -0.3 is 9.73 Å². The molecule has 0 fully saturated rings. The molecule has 0 amide bonds. The highest BCUT2D eigenvalue weighted by atomic mass is 19.1. The Kier molecular flexibility index (Phi) is 2.39. The number of nitrogens with zero attached hydrogens (tertiary/aromatic N) is 1. The monoisotopic (exact) mass is 144 g/mol. The van der Waals surface area contributed by atoms with Crippen LogP contribution in [0.2, 0.25) is 0 Å². The Bertz CT molecular complexity index is 199. The van der Waals surface area contributed by atoms with Crippen LogP contribution in [0.1, 0.15) is 11.7 Å². The molecular weight excluding hydrogens is 135 g/mol. The van der Waals surface area contributed by atoms with Crippen molar-refractivity contribution < 1.29 is 8.81 Å². The van der Waals surface area contributed by atoms with E-state index in [0.717, 1.165) is 0 Å². The van der Waals surface area contributed by atoms with Crippen molar-refractivity contribution in [2.45, 2.75) is 13.2 Å². The second-order valence-corrected chi connectivity index (χ2v) is 1.88. The van der Waals surface area contributed by atoms with Gasteiger partial charge in [-0.3, -0.25) is 0 Å². The second-order valence-electron chi connectivity index (χ2n) is 1.88. The second kappa shape index (κ2) is 3.31. The van der Waals surface area contributed by atoms with Crippen molar-refractivity contribution >= 4 is 0 Å². The fraction of sp³-hybridized carbons (Fsp3) is 0.500. The first-order valence-corrected chi connectivity index (χ1v) is 3.01. The van der Waals surface area contributed by atoms with Crippen LogP contribution in [-0.2, 0) is 13.2 Å². The van der Waals surface area contributed by atoms with Gasteiger partial charge in [0.25, 0.3) is 0 Å². The zero-order chi connectivity index (χ0) is 7.40. The van der Waals surface area contributed by atoms with E-state index in [2.05, 4.69) is 10.3 Å². The molecule has 0 bridgehead atoms. The summed E-state index contributed by atoms with van der Waals surface area (Å²) in [5.41, 5.74) is 0. The Hall–Kier alpha value is -0.900. The summed E-state index contributed by atoms with van der Waals surface area (Å²) in [4.78, 5) is 3.81. The summed E-state index contributed by atoms with van der Waals surface area (Å²) >= 11 is 0. The lowest BCUT2D eigenvalue weighted by atomic mass is 10.6. The molecule has 0 aromatic carbocycles. The third-order valence-corrected chi connectivity index (χ3v) is 1.06. The lowest BCUT2D eigenvalue weighted by Crippen LogP contribution is -2.04. The van der Waals surface area contributed by atoms with Crippen LogP contribution in [0.4, 0.5) is 4.39 Å². The SMILES string of the molecule is CNCc1ncc(CF)o1. The normalized spacial score (nSPS) is 10.2. The number of nitrogens with one attached hydrogen (secondary N) is 1. The van der Waals surface area contributed by atoms with E-state index >= 15 is 0 Å². The predicted molar refractivity (Wildman–Crippen MR) is 34.1 cm³/mol. The molecule has 0 aliphatic heterocycles. The Morgan fingerprint density at radius 1 is 1.80 bits per heavy atom. The molecule has 0 saturated heterocycles. The summed E-state index contributed by atoms with van der Waals surface area (Å²) in [5.74, 6) is 0.806. The van der Waals surface area contributed by atoms with E-state index in [1.165, 1.54) is 6.20 Å². The summed E-state index contributed by atoms with van der Waals surface area (Å²) in [5, 5.41) is 2.84. The van der Waals surface area contributed by atoms with Crippen molar-refractivity contribution in [1.82, 2.24) is 10.3 Å². The molecule has 1 rings (SSSR count). The third-order valence-electron chi connectivity index (χ3n) is 1.06. The van der Waals surface area contributed by atoms with Crippen molar-refractivity contribution in [3.8, 4) is 0 Å². The largest absolute Gasteiger partial charge is 0.442 e. The van der Waals surface area contributed by atoms with Gasteiger partial charge >= 0.3 is 0 Å². The molecule has 3 nitrogen and oxygen atoms in total. The molecule has 0 aliphatic carbocycles. The van der Waals surface area contributed by atoms with Crippen LogP contribution < -0.4 is 5.32 Å². The van der Waals surface area contributed by atoms with Crippen molar-refractivity contribution in [2.24, 2.45) is 0 Å². The standard InChI is InChI=1S/C6H9FN2O/c1-8-4-6-9-3-5(2-7)10-6/h3,8H,2,4H2,1H3. The van der Waals surface area contributed by atoms with E-state index in [1.807, 2.05) is 0 Å². The summed E-state index contributed by atoms with van der Waals surface area (Å²) in [6.07, 6.45) is 1.40. The first kappa shape index (κ1) is 7.21. The molecule has 0 aliphatic rings. The van der Waals surface area contributed by atoms with Crippen LogP contribution in [-0.4, -0.2) is 12.0 Å². The minimum atomic E-state index is -0.587. The van der Waals surface area contributed by atoms with Crippen molar-refractivity contribution in [2.75, 3.05) is 7.05 Å². The van der Waals surface area contributed by atoms with Crippen LogP contribution in [0.5, 0.6) is 0 Å². The van der Waals surface area contributed by atoms with Crippen LogP contribution in [0.25, 0.3) is 0 Å². The summed E-state index contributed by atoms with van der Waals surface area (Å²) in [6, 6.07) is 0. The van der Waals surface area contributed by atoms with Crippen molar-refractivity contribution in [1.29, 1.82) is 0 Å². The average Bonchev–Trinajstić information content (AvgIpc) is 2.37. The van der Waals surface area contributed by atoms with E-state index in [1.54, 1.807) is 7.05 Å². The predicted octanol–water partition coefficient (Wildman–Crippen LogP) is 0.863. The van der Waals surface area contributed by atoms with Gasteiger partial charge in [-0.25, -0.2) is 9.37 Å². The van der Waals surface area contributed by atoms with Gasteiger partial charge in [0.05, 0.1) is 12.7 Å². The van der Waals surface area contributed by atoms with Gasteiger partial charge in [0, 0.05) is 0 Å². The van der Waals surface area contributed by atoms with Crippen molar-refractivity contribution in [3.63, 3.8) is 0 Å². The molecule has 0 saturated carbocycles. The number of hydrogen-bond acceptors (Lipinski definition) is 3. The summed E-state index contributed by atoms with van der Waals surface area (Å²) in [6.45, 7) is -0.0449. The first-order valence-electron chi connectivity index (χ1n) is 3.01. The van der Waals surface area contributed by atoms with Gasteiger partial charge in [0.15, 0.2) is 5.76 Å². The average molecular weight is 144 g/mol. The fourth-order valence-electron chi connectivity index (χ4n) is 0.643. The number of alkyl halides is 1. The maximum absolute atomic E-state index is 11.8. The topological polar surface area (TPSA) is 38.1 Å². The molecule has 10 heavy (non-hydrogen) atoms. The van der Waals surface area contributed by atoms with E-state index in [9.17, 15) is 4.39 Å². The maximum Gasteiger partial charge on any atom is 0.208 e. The molecule has 4 heteroatoms. The molecule has 0 radical (unpaired) electrons. The molecule has 1 N–H and O–H groups in total. The Labute approximate surface area is 58.3 Å². The Morgan fingerprint density at radius 2 is 2.60 bits per heavy atom. The molecule has 1 aromatic rings. The van der Waals surface area contributed by atoms with Gasteiger partial charge in [-0.2, -0.15) is 0 Å². The van der Waals surface area contributed by atoms with Gasteiger partial charge in [-0.05, 0) is 7.05 Å². The molecule has 0 atom stereocenters. The Balaban J connectivity index is 2.59. The highest BCUT2D eigenvalue weighted by Crippen LogP contribution is 2.03. The van der Waals surface area contributed by atoms with E-state index < -0.39 is 6.67 Å².